The van der Waals surface area contributed by atoms with Crippen LogP contribution >= 0.6 is 39.1 Å². The summed E-state index contributed by atoms with van der Waals surface area (Å²) in [5.74, 6) is 0. The van der Waals surface area contributed by atoms with E-state index in [1.165, 1.54) is 0 Å². The molecule has 0 fully saturated rings. The van der Waals surface area contributed by atoms with Gasteiger partial charge in [0.05, 0.1) is 0 Å². The molecule has 0 spiro atoms. The van der Waals surface area contributed by atoms with E-state index >= 15 is 0 Å². The van der Waals surface area contributed by atoms with Crippen LogP contribution in [0.25, 0.3) is 0 Å². The van der Waals surface area contributed by atoms with Gasteiger partial charge in [0.2, 0.25) is 0 Å². The molecule has 0 bridgehead atoms. The highest BCUT2D eigenvalue weighted by Gasteiger charge is 2.09. The predicted octanol–water partition coefficient (Wildman–Crippen LogP) is 5.00. The number of nitrogens with two attached hydrogens (primary N) is 1. The third kappa shape index (κ3) is 3.72. The fraction of sp³-hybridized carbons (Fsp3) is 0.143. The van der Waals surface area contributed by atoms with Gasteiger partial charge in [-0.1, -0.05) is 51.3 Å². The van der Waals surface area contributed by atoms with E-state index in [1.807, 2.05) is 42.5 Å². The lowest BCUT2D eigenvalue weighted by Gasteiger charge is -2.13. The molecule has 0 aromatic heterocycles. The second kappa shape index (κ2) is 6.07. The Morgan fingerprint density at radius 3 is 2.28 bits per heavy atom. The van der Waals surface area contributed by atoms with Crippen LogP contribution in [0, 0.1) is 0 Å². The lowest BCUT2D eigenvalue weighted by atomic mass is 10.00. The summed E-state index contributed by atoms with van der Waals surface area (Å²) < 4.78 is 0.941. The van der Waals surface area contributed by atoms with Crippen molar-refractivity contribution in [1.82, 2.24) is 0 Å². The van der Waals surface area contributed by atoms with Crippen LogP contribution in [0.4, 0.5) is 0 Å². The van der Waals surface area contributed by atoms with Crippen molar-refractivity contribution in [2.75, 3.05) is 0 Å². The predicted molar refractivity (Wildman–Crippen MR) is 81.2 cm³/mol. The number of rotatable bonds is 3. The third-order valence-corrected chi connectivity index (χ3v) is 3.61. The Hall–Kier alpha value is -0.540. The number of benzene rings is 2. The molecule has 1 unspecified atom stereocenters. The van der Waals surface area contributed by atoms with E-state index in [0.29, 0.717) is 5.02 Å². The quantitative estimate of drug-likeness (QED) is 0.833. The highest BCUT2D eigenvalue weighted by molar-refractivity contribution is 9.10. The molecule has 0 amide bonds. The Kier molecular flexibility index (Phi) is 4.68. The summed E-state index contributed by atoms with van der Waals surface area (Å²) in [5.41, 5.74) is 8.36. The summed E-state index contributed by atoms with van der Waals surface area (Å²) in [7, 11) is 0. The van der Waals surface area contributed by atoms with Gasteiger partial charge >= 0.3 is 0 Å². The zero-order valence-corrected chi connectivity index (χ0v) is 12.6. The summed E-state index contributed by atoms with van der Waals surface area (Å²) in [5, 5.41) is 1.42. The lowest BCUT2D eigenvalue weighted by molar-refractivity contribution is 0.721. The Balaban J connectivity index is 2.16. The zero-order chi connectivity index (χ0) is 13.1. The minimum absolute atomic E-state index is 0.0822. The molecular formula is C14H12BrCl2N. The van der Waals surface area contributed by atoms with Gasteiger partial charge in [-0.15, -0.1) is 0 Å². The second-order valence-electron chi connectivity index (χ2n) is 4.14. The first kappa shape index (κ1) is 13.9. The average Bonchev–Trinajstić information content (AvgIpc) is 2.31. The monoisotopic (exact) mass is 343 g/mol. The van der Waals surface area contributed by atoms with Gasteiger partial charge in [-0.25, -0.2) is 0 Å². The molecule has 18 heavy (non-hydrogen) atoms. The van der Waals surface area contributed by atoms with Crippen LogP contribution in [-0.4, -0.2) is 0 Å². The van der Waals surface area contributed by atoms with Crippen LogP contribution in [-0.2, 0) is 6.42 Å². The molecule has 94 valence electrons. The molecule has 2 N–H and O–H groups in total. The molecule has 0 saturated carbocycles. The first-order valence-corrected chi connectivity index (χ1v) is 7.05. The molecule has 0 saturated heterocycles. The summed E-state index contributed by atoms with van der Waals surface area (Å²) in [6.45, 7) is 0. The van der Waals surface area contributed by atoms with E-state index in [1.54, 1.807) is 0 Å². The normalized spacial score (nSPS) is 12.4. The SMILES string of the molecule is NC(Cc1ccc(Cl)cc1)c1cc(Cl)cc(Br)c1. The lowest BCUT2D eigenvalue weighted by Crippen LogP contribution is -2.13. The molecule has 0 aliphatic heterocycles. The third-order valence-electron chi connectivity index (χ3n) is 2.68. The van der Waals surface area contributed by atoms with Gasteiger partial charge in [-0.05, 0) is 47.9 Å². The fourth-order valence-corrected chi connectivity index (χ4v) is 2.79. The van der Waals surface area contributed by atoms with Crippen molar-refractivity contribution in [3.05, 3.63) is 68.1 Å². The van der Waals surface area contributed by atoms with Gasteiger partial charge in [-0.3, -0.25) is 0 Å². The number of hydrogen-bond donors (Lipinski definition) is 1. The van der Waals surface area contributed by atoms with Crippen molar-refractivity contribution >= 4 is 39.1 Å². The fourth-order valence-electron chi connectivity index (χ4n) is 1.78. The molecule has 2 aromatic carbocycles. The van der Waals surface area contributed by atoms with E-state index in [-0.39, 0.29) is 6.04 Å². The molecule has 1 atom stereocenters. The van der Waals surface area contributed by atoms with Crippen LogP contribution in [0.3, 0.4) is 0 Å². The second-order valence-corrected chi connectivity index (χ2v) is 5.93. The Bertz CT molecular complexity index is 520. The summed E-state index contributed by atoms with van der Waals surface area (Å²) in [4.78, 5) is 0. The molecule has 0 radical (unpaired) electrons. The minimum atomic E-state index is -0.0822. The van der Waals surface area contributed by atoms with Crippen LogP contribution in [0.2, 0.25) is 10.0 Å². The molecule has 2 aromatic rings. The van der Waals surface area contributed by atoms with Crippen molar-refractivity contribution in [3.63, 3.8) is 0 Å². The van der Waals surface area contributed by atoms with Gasteiger partial charge in [-0.2, -0.15) is 0 Å². The molecule has 0 aliphatic rings. The van der Waals surface area contributed by atoms with E-state index in [2.05, 4.69) is 15.9 Å². The van der Waals surface area contributed by atoms with Gasteiger partial charge in [0.15, 0.2) is 0 Å². The molecule has 0 heterocycles. The summed E-state index contributed by atoms with van der Waals surface area (Å²) in [6.07, 6.45) is 0.754. The van der Waals surface area contributed by atoms with Gasteiger partial charge < -0.3 is 5.73 Å². The maximum atomic E-state index is 6.19. The Morgan fingerprint density at radius 2 is 1.67 bits per heavy atom. The maximum absolute atomic E-state index is 6.19. The van der Waals surface area contributed by atoms with Crippen LogP contribution < -0.4 is 5.73 Å². The molecule has 0 aliphatic carbocycles. The topological polar surface area (TPSA) is 26.0 Å². The first-order chi connectivity index (χ1) is 8.54. The van der Waals surface area contributed by atoms with Crippen LogP contribution in [0.5, 0.6) is 0 Å². The highest BCUT2D eigenvalue weighted by atomic mass is 79.9. The van der Waals surface area contributed by atoms with Crippen molar-refractivity contribution in [1.29, 1.82) is 0 Å². The number of halogens is 3. The Morgan fingerprint density at radius 1 is 1.00 bits per heavy atom. The van der Waals surface area contributed by atoms with Gasteiger partial charge in [0.25, 0.3) is 0 Å². The smallest absolute Gasteiger partial charge is 0.0420 e. The van der Waals surface area contributed by atoms with Crippen molar-refractivity contribution < 1.29 is 0 Å². The Labute approximate surface area is 125 Å². The molecule has 1 nitrogen and oxygen atoms in total. The number of hydrogen-bond acceptors (Lipinski definition) is 1. The molecule has 2 rings (SSSR count). The standard InChI is InChI=1S/C14H12BrCl2N/c15-11-6-10(7-13(17)8-11)14(18)5-9-1-3-12(16)4-2-9/h1-4,6-8,14H,5,18H2. The molecule has 4 heteroatoms. The van der Waals surface area contributed by atoms with Crippen molar-refractivity contribution in [3.8, 4) is 0 Å². The van der Waals surface area contributed by atoms with E-state index < -0.39 is 0 Å². The van der Waals surface area contributed by atoms with Gasteiger partial charge in [0.1, 0.15) is 0 Å². The van der Waals surface area contributed by atoms with Gasteiger partial charge in [0, 0.05) is 20.6 Å². The maximum Gasteiger partial charge on any atom is 0.0420 e. The summed E-state index contributed by atoms with van der Waals surface area (Å²) >= 11 is 15.3. The zero-order valence-electron chi connectivity index (χ0n) is 9.54. The van der Waals surface area contributed by atoms with Crippen LogP contribution in [0.15, 0.2) is 46.9 Å². The first-order valence-electron chi connectivity index (χ1n) is 5.50. The average molecular weight is 345 g/mol. The van der Waals surface area contributed by atoms with Crippen LogP contribution in [0.1, 0.15) is 17.2 Å². The van der Waals surface area contributed by atoms with Crippen molar-refractivity contribution in [2.24, 2.45) is 5.73 Å². The largest absolute Gasteiger partial charge is 0.324 e. The highest BCUT2D eigenvalue weighted by Crippen LogP contribution is 2.25. The molecular weight excluding hydrogens is 333 g/mol. The van der Waals surface area contributed by atoms with E-state index in [9.17, 15) is 0 Å². The van der Waals surface area contributed by atoms with Crippen molar-refractivity contribution in [2.45, 2.75) is 12.5 Å². The summed E-state index contributed by atoms with van der Waals surface area (Å²) in [6, 6.07) is 13.4. The van der Waals surface area contributed by atoms with E-state index in [4.69, 9.17) is 28.9 Å². The minimum Gasteiger partial charge on any atom is -0.324 e. The van der Waals surface area contributed by atoms with E-state index in [0.717, 1.165) is 27.0 Å².